The highest BCUT2D eigenvalue weighted by Crippen LogP contribution is 2.28. The van der Waals surface area contributed by atoms with Gasteiger partial charge in [-0.25, -0.2) is 4.39 Å². The van der Waals surface area contributed by atoms with Gasteiger partial charge in [0.1, 0.15) is 5.82 Å². The third-order valence-electron chi connectivity index (χ3n) is 4.55. The number of anilines is 1. The van der Waals surface area contributed by atoms with Crippen molar-refractivity contribution in [1.29, 1.82) is 0 Å². The Balaban J connectivity index is 1.58. The fourth-order valence-electron chi connectivity index (χ4n) is 3.08. The monoisotopic (exact) mass is 447 g/mol. The molecule has 3 N–H and O–H groups in total. The highest BCUT2D eigenvalue weighted by molar-refractivity contribution is 7.99. The highest BCUT2D eigenvalue weighted by atomic mass is 32.2. The van der Waals surface area contributed by atoms with Crippen molar-refractivity contribution in [1.82, 2.24) is 14.8 Å². The number of carbonyl (C=O) groups excluding carboxylic acids is 2. The quantitative estimate of drug-likeness (QED) is 0.418. The summed E-state index contributed by atoms with van der Waals surface area (Å²) in [7, 11) is 0. The van der Waals surface area contributed by atoms with Gasteiger partial charge in [0, 0.05) is 11.3 Å². The van der Waals surface area contributed by atoms with Crippen LogP contribution in [-0.2, 0) is 4.79 Å². The number of nitrogens with zero attached hydrogens (tertiary/aromatic N) is 3. The van der Waals surface area contributed by atoms with Crippen LogP contribution in [0.1, 0.15) is 10.4 Å². The summed E-state index contributed by atoms with van der Waals surface area (Å²) in [5, 5.41) is 11.7. The molecule has 160 valence electrons. The summed E-state index contributed by atoms with van der Waals surface area (Å²) in [6.07, 6.45) is 0. The van der Waals surface area contributed by atoms with Crippen LogP contribution in [0.3, 0.4) is 0 Å². The van der Waals surface area contributed by atoms with Crippen LogP contribution < -0.4 is 11.1 Å². The first kappa shape index (κ1) is 21.3. The van der Waals surface area contributed by atoms with Crippen molar-refractivity contribution in [2.45, 2.75) is 5.16 Å². The lowest BCUT2D eigenvalue weighted by atomic mass is 10.1. The van der Waals surface area contributed by atoms with Gasteiger partial charge in [0.15, 0.2) is 11.0 Å². The number of aromatic nitrogens is 3. The van der Waals surface area contributed by atoms with Gasteiger partial charge in [-0.3, -0.25) is 14.2 Å². The third-order valence-corrected chi connectivity index (χ3v) is 5.48. The Morgan fingerprint density at radius 1 is 0.938 bits per heavy atom. The van der Waals surface area contributed by atoms with Crippen LogP contribution in [0, 0.1) is 5.82 Å². The fraction of sp³-hybridized carbons (Fsp3) is 0.0435. The van der Waals surface area contributed by atoms with Gasteiger partial charge in [-0.15, -0.1) is 10.2 Å². The molecular weight excluding hydrogens is 429 g/mol. The molecule has 9 heteroatoms. The number of benzene rings is 3. The molecule has 7 nitrogen and oxygen atoms in total. The second-order valence-corrected chi connectivity index (χ2v) is 7.67. The molecule has 32 heavy (non-hydrogen) atoms. The Hall–Kier alpha value is -3.98. The van der Waals surface area contributed by atoms with E-state index >= 15 is 0 Å². The fourth-order valence-corrected chi connectivity index (χ4v) is 3.83. The van der Waals surface area contributed by atoms with Crippen molar-refractivity contribution in [2.75, 3.05) is 11.1 Å². The second kappa shape index (κ2) is 9.44. The number of carbonyl (C=O) groups is 2. The van der Waals surface area contributed by atoms with Crippen molar-refractivity contribution < 1.29 is 14.0 Å². The molecule has 0 aliphatic heterocycles. The van der Waals surface area contributed by atoms with Crippen LogP contribution in [0.15, 0.2) is 84.0 Å². The molecule has 0 fully saturated rings. The van der Waals surface area contributed by atoms with E-state index in [0.29, 0.717) is 22.2 Å². The SMILES string of the molecule is NC(=O)c1ccccc1NC(=O)CSc1nnc(-c2ccc(F)cc2)n1-c1ccccc1. The molecule has 0 bridgehead atoms. The van der Waals surface area contributed by atoms with Crippen molar-refractivity contribution in [3.05, 3.63) is 90.2 Å². The molecule has 4 rings (SSSR count). The summed E-state index contributed by atoms with van der Waals surface area (Å²) in [5.41, 5.74) is 7.44. The molecule has 4 aromatic rings. The minimum Gasteiger partial charge on any atom is -0.366 e. The summed E-state index contributed by atoms with van der Waals surface area (Å²) >= 11 is 1.19. The molecule has 0 radical (unpaired) electrons. The number of rotatable bonds is 7. The lowest BCUT2D eigenvalue weighted by molar-refractivity contribution is -0.113. The zero-order valence-electron chi connectivity index (χ0n) is 16.7. The van der Waals surface area contributed by atoms with Gasteiger partial charge < -0.3 is 11.1 Å². The highest BCUT2D eigenvalue weighted by Gasteiger charge is 2.18. The van der Waals surface area contributed by atoms with Gasteiger partial charge in [0.2, 0.25) is 5.91 Å². The summed E-state index contributed by atoms with van der Waals surface area (Å²) in [4.78, 5) is 24.1. The topological polar surface area (TPSA) is 103 Å². The molecule has 0 spiro atoms. The van der Waals surface area contributed by atoms with Gasteiger partial charge in [-0.2, -0.15) is 0 Å². The van der Waals surface area contributed by atoms with Crippen LogP contribution >= 0.6 is 11.8 Å². The smallest absolute Gasteiger partial charge is 0.250 e. The van der Waals surface area contributed by atoms with E-state index in [9.17, 15) is 14.0 Å². The van der Waals surface area contributed by atoms with E-state index in [1.807, 2.05) is 34.9 Å². The number of amides is 2. The zero-order chi connectivity index (χ0) is 22.5. The van der Waals surface area contributed by atoms with E-state index in [0.717, 1.165) is 5.69 Å². The predicted molar refractivity (Wildman–Crippen MR) is 121 cm³/mol. The largest absolute Gasteiger partial charge is 0.366 e. The van der Waals surface area contributed by atoms with Crippen LogP contribution in [0.4, 0.5) is 10.1 Å². The van der Waals surface area contributed by atoms with Crippen molar-refractivity contribution in [2.24, 2.45) is 5.73 Å². The number of hydrogen-bond donors (Lipinski definition) is 2. The molecule has 1 heterocycles. The minimum atomic E-state index is -0.624. The molecule has 0 aliphatic rings. The van der Waals surface area contributed by atoms with E-state index in [4.69, 9.17) is 5.73 Å². The van der Waals surface area contributed by atoms with Gasteiger partial charge in [-0.1, -0.05) is 42.1 Å². The first-order valence-corrected chi connectivity index (χ1v) is 10.6. The maximum absolute atomic E-state index is 13.4. The summed E-state index contributed by atoms with van der Waals surface area (Å²) in [5.74, 6) is -0.738. The van der Waals surface area contributed by atoms with Gasteiger partial charge in [0.25, 0.3) is 5.91 Å². The molecule has 3 aromatic carbocycles. The molecule has 1 aromatic heterocycles. The second-order valence-electron chi connectivity index (χ2n) is 6.73. The van der Waals surface area contributed by atoms with Crippen LogP contribution in [0.25, 0.3) is 17.1 Å². The Kier molecular flexibility index (Phi) is 6.27. The first-order valence-electron chi connectivity index (χ1n) is 9.61. The lowest BCUT2D eigenvalue weighted by Crippen LogP contribution is -2.19. The molecule has 2 amide bonds. The number of nitrogens with one attached hydrogen (secondary N) is 1. The van der Waals surface area contributed by atoms with Gasteiger partial charge in [-0.05, 0) is 48.5 Å². The van der Waals surface area contributed by atoms with Gasteiger partial charge in [0.05, 0.1) is 17.0 Å². The van der Waals surface area contributed by atoms with E-state index in [1.54, 1.807) is 36.4 Å². The number of para-hydroxylation sites is 2. The first-order chi connectivity index (χ1) is 15.5. The molecule has 0 unspecified atom stereocenters. The summed E-state index contributed by atoms with van der Waals surface area (Å²) in [6, 6.07) is 21.9. The molecule has 0 saturated heterocycles. The maximum atomic E-state index is 13.4. The Bertz CT molecular complexity index is 1260. The average molecular weight is 447 g/mol. The molecule has 0 aliphatic carbocycles. The summed E-state index contributed by atoms with van der Waals surface area (Å²) in [6.45, 7) is 0. The number of halogens is 1. The summed E-state index contributed by atoms with van der Waals surface area (Å²) < 4.78 is 15.2. The predicted octanol–water partition coefficient (Wildman–Crippen LogP) is 3.90. The van der Waals surface area contributed by atoms with Crippen molar-refractivity contribution in [3.8, 4) is 17.1 Å². The van der Waals surface area contributed by atoms with Crippen LogP contribution in [0.5, 0.6) is 0 Å². The Labute approximate surface area is 187 Å². The van der Waals surface area contributed by atoms with E-state index in [2.05, 4.69) is 15.5 Å². The Morgan fingerprint density at radius 3 is 2.34 bits per heavy atom. The minimum absolute atomic E-state index is 0.0292. The normalized spacial score (nSPS) is 10.7. The Morgan fingerprint density at radius 2 is 1.62 bits per heavy atom. The number of nitrogens with two attached hydrogens (primary N) is 1. The van der Waals surface area contributed by atoms with Gasteiger partial charge >= 0.3 is 0 Å². The van der Waals surface area contributed by atoms with E-state index in [-0.39, 0.29) is 23.0 Å². The van der Waals surface area contributed by atoms with E-state index < -0.39 is 5.91 Å². The lowest BCUT2D eigenvalue weighted by Gasteiger charge is -2.11. The molecule has 0 saturated carbocycles. The standard InChI is InChI=1S/C23H18FN5O2S/c24-16-12-10-15(11-13-16)22-27-28-23(29(22)17-6-2-1-3-7-17)32-14-20(30)26-19-9-5-4-8-18(19)21(25)31/h1-13H,14H2,(H2,25,31)(H,26,30). The molecular formula is C23H18FN5O2S. The zero-order valence-corrected chi connectivity index (χ0v) is 17.6. The number of primary amides is 1. The molecule has 0 atom stereocenters. The maximum Gasteiger partial charge on any atom is 0.250 e. The van der Waals surface area contributed by atoms with Crippen LogP contribution in [-0.4, -0.2) is 32.3 Å². The average Bonchev–Trinajstić information content (AvgIpc) is 3.23. The number of hydrogen-bond acceptors (Lipinski definition) is 5. The van der Waals surface area contributed by atoms with Crippen molar-refractivity contribution in [3.63, 3.8) is 0 Å². The van der Waals surface area contributed by atoms with Crippen LogP contribution in [0.2, 0.25) is 0 Å². The number of thioether (sulfide) groups is 1. The van der Waals surface area contributed by atoms with E-state index in [1.165, 1.54) is 23.9 Å². The third kappa shape index (κ3) is 4.68. The van der Waals surface area contributed by atoms with Crippen molar-refractivity contribution >= 4 is 29.3 Å².